The van der Waals surface area contributed by atoms with E-state index in [0.717, 1.165) is 146 Å². The van der Waals surface area contributed by atoms with Crippen LogP contribution < -0.4 is 0 Å². The average molecular weight is 1410 g/mol. The summed E-state index contributed by atoms with van der Waals surface area (Å²) in [5.74, 6) is 14.4. The highest BCUT2D eigenvalue weighted by molar-refractivity contribution is 6.01. The van der Waals surface area contributed by atoms with Crippen LogP contribution in [0.1, 0.15) is 149 Å². The Morgan fingerprint density at radius 1 is 0.259 bits per heavy atom. The van der Waals surface area contributed by atoms with Crippen LogP contribution in [0.25, 0.3) is 123 Å². The van der Waals surface area contributed by atoms with Gasteiger partial charge in [0.25, 0.3) is 0 Å². The zero-order valence-corrected chi connectivity index (χ0v) is 62.0. The summed E-state index contributed by atoms with van der Waals surface area (Å²) in [6.45, 7) is 21.8. The van der Waals surface area contributed by atoms with Gasteiger partial charge in [-0.25, -0.2) is 18.7 Å². The predicted molar refractivity (Wildman–Crippen MR) is 434 cm³/mol. The minimum atomic E-state index is 0.330. The molecule has 0 fully saturated rings. The van der Waals surface area contributed by atoms with Gasteiger partial charge in [0.05, 0.1) is 22.7 Å². The second-order valence-electron chi connectivity index (χ2n) is 28.3. The first kappa shape index (κ1) is 70.1. The van der Waals surface area contributed by atoms with Gasteiger partial charge in [-0.1, -0.05) is 337 Å². The fourth-order valence-corrected chi connectivity index (χ4v) is 14.5. The second-order valence-corrected chi connectivity index (χ2v) is 28.3. The summed E-state index contributed by atoms with van der Waals surface area (Å²) in [5.41, 5.74) is 38.5. The maximum absolute atomic E-state index is 8.28. The Bertz CT molecular complexity index is 5670. The van der Waals surface area contributed by atoms with E-state index < -0.39 is 0 Å². The molecule has 526 valence electrons. The first-order valence-corrected chi connectivity index (χ1v) is 36.7. The van der Waals surface area contributed by atoms with Crippen molar-refractivity contribution in [3.63, 3.8) is 0 Å². The normalized spacial score (nSPS) is 11.5. The summed E-state index contributed by atoms with van der Waals surface area (Å²) in [7, 11) is 0. The minimum absolute atomic E-state index is 0.330. The maximum atomic E-state index is 8.28. The summed E-state index contributed by atoms with van der Waals surface area (Å²) >= 11 is 0. The molecule has 0 bridgehead atoms. The summed E-state index contributed by atoms with van der Waals surface area (Å²) in [6, 6.07) is 91.1. The summed E-state index contributed by atoms with van der Waals surface area (Å²) in [5, 5.41) is 42.0. The van der Waals surface area contributed by atoms with Gasteiger partial charge in [-0.3, -0.25) is 0 Å². The molecule has 0 saturated heterocycles. The summed E-state index contributed by atoms with van der Waals surface area (Å²) < 4.78 is 8.04. The van der Waals surface area contributed by atoms with Crippen molar-refractivity contribution in [1.29, 1.82) is 0 Å². The summed E-state index contributed by atoms with van der Waals surface area (Å²) in [4.78, 5) is 2.77. The third kappa shape index (κ3) is 13.4. The highest BCUT2D eigenvalue weighted by atomic mass is 15.5. The van der Waals surface area contributed by atoms with Crippen LogP contribution in [0.4, 0.5) is 5.69 Å². The van der Waals surface area contributed by atoms with Gasteiger partial charge < -0.3 is 0 Å². The minimum Gasteiger partial charge on any atom is -0.212 e. The molecule has 0 atom stereocenters. The second kappa shape index (κ2) is 30.6. The van der Waals surface area contributed by atoms with E-state index >= 15 is 0 Å². The summed E-state index contributed by atoms with van der Waals surface area (Å²) in [6.07, 6.45) is 0. The first-order valence-electron chi connectivity index (χ1n) is 36.7. The Kier molecular flexibility index (Phi) is 19.9. The molecule has 0 saturated carbocycles. The number of hydrogen-bond donors (Lipinski definition) is 0. The quantitative estimate of drug-likeness (QED) is 0.0563. The molecule has 18 rings (SSSR count). The molecule has 4 heterocycles. The van der Waals surface area contributed by atoms with E-state index in [2.05, 4.69) is 297 Å². The molecule has 0 aliphatic heterocycles. The molecule has 3 aliphatic rings. The highest BCUT2D eigenvalue weighted by Gasteiger charge is 2.34. The van der Waals surface area contributed by atoms with Crippen molar-refractivity contribution in [3.8, 4) is 136 Å². The van der Waals surface area contributed by atoms with Gasteiger partial charge in [-0.2, -0.15) is 0 Å². The number of hydrogen-bond acceptors (Lipinski definition) is 9. The molecule has 108 heavy (non-hydrogen) atoms. The average Bonchev–Trinajstić information content (AvgIpc) is 1.55. The smallest absolute Gasteiger partial charge is 0.122 e. The fourth-order valence-electron chi connectivity index (χ4n) is 14.5. The number of rotatable bonds is 10. The lowest BCUT2D eigenvalue weighted by Crippen LogP contribution is -2.08. The monoisotopic (exact) mass is 1410 g/mol. The number of fused-ring (bicyclic) bond motifs is 18. The van der Waals surface area contributed by atoms with Crippen molar-refractivity contribution in [2.75, 3.05) is 0 Å². The van der Waals surface area contributed by atoms with E-state index in [1.807, 2.05) is 91.5 Å². The Hall–Kier alpha value is -13.6. The van der Waals surface area contributed by atoms with Crippen LogP contribution in [-0.4, -0.2) is 60.0 Å². The lowest BCUT2D eigenvalue weighted by Gasteiger charge is -2.21. The molecule has 15 aromatic rings. The number of para-hydroxylation sites is 4. The molecular formula is C93H79N15. The van der Waals surface area contributed by atoms with Crippen LogP contribution in [0.3, 0.4) is 0 Å². The first-order chi connectivity index (χ1) is 52.8. The van der Waals surface area contributed by atoms with E-state index in [9.17, 15) is 0 Å². The topological polar surface area (TPSA) is 172 Å². The number of aromatic nitrogens is 12. The van der Waals surface area contributed by atoms with Crippen molar-refractivity contribution in [3.05, 3.63) is 327 Å². The van der Waals surface area contributed by atoms with Crippen LogP contribution in [0.2, 0.25) is 0 Å². The number of nitrogens with zero attached hydrogens (tertiary/aromatic N) is 15. The predicted octanol–water partition coefficient (Wildman–Crippen LogP) is 22.7. The van der Waals surface area contributed by atoms with Crippen molar-refractivity contribution >= 4 is 5.69 Å². The Labute approximate surface area is 629 Å². The Morgan fingerprint density at radius 3 is 0.722 bits per heavy atom. The van der Waals surface area contributed by atoms with Crippen molar-refractivity contribution in [2.24, 2.45) is 5.11 Å². The Balaban J connectivity index is 0.000000128. The molecule has 0 amide bonds. The van der Waals surface area contributed by atoms with E-state index in [1.54, 1.807) is 0 Å². The molecule has 3 aliphatic carbocycles. The van der Waals surface area contributed by atoms with Crippen molar-refractivity contribution < 1.29 is 0 Å². The molecule has 0 N–H and O–H groups in total. The number of benzene rings is 11. The zero-order valence-electron chi connectivity index (χ0n) is 62.0. The van der Waals surface area contributed by atoms with Gasteiger partial charge in [-0.05, 0) is 111 Å². The van der Waals surface area contributed by atoms with Crippen LogP contribution in [0, 0.1) is 23.7 Å². The van der Waals surface area contributed by atoms with Gasteiger partial charge in [0.15, 0.2) is 0 Å². The van der Waals surface area contributed by atoms with Gasteiger partial charge in [0.1, 0.15) is 45.6 Å². The van der Waals surface area contributed by atoms with Gasteiger partial charge in [0.2, 0.25) is 0 Å². The van der Waals surface area contributed by atoms with E-state index in [-0.39, 0.29) is 0 Å². The fraction of sp³-hybridized carbons (Fsp3) is 0.161. The van der Waals surface area contributed by atoms with Crippen LogP contribution in [0.5, 0.6) is 0 Å². The van der Waals surface area contributed by atoms with Crippen LogP contribution >= 0.6 is 0 Å². The van der Waals surface area contributed by atoms with Gasteiger partial charge in [-0.15, -0.1) is 20.4 Å². The molecule has 15 nitrogen and oxygen atoms in total. The van der Waals surface area contributed by atoms with E-state index in [0.29, 0.717) is 29.6 Å². The van der Waals surface area contributed by atoms with Crippen LogP contribution in [0.15, 0.2) is 272 Å². The SMILES string of the molecule is C1#Cc2ccccc2C#Cc2ccccc21.CC(C)c1ccccc1-n1nnc2c1-c1ccccc1-c1c(nnn1-c1ccccc1C(C)C)-c1ccccc1-2.CC(C)c1ccccc1-n1nnc2c1-c1ccccc1-c1nnn(-c3ccccc3C(C)C)c1-c1ccccc1-2.CC(C)c1ccccc1N=[N+]=[N-]. The molecule has 11 aromatic carbocycles. The Morgan fingerprint density at radius 2 is 0.463 bits per heavy atom. The molecule has 0 unspecified atom stereocenters. The van der Waals surface area contributed by atoms with E-state index in [1.165, 1.54) is 22.3 Å². The largest absolute Gasteiger partial charge is 0.212 e. The van der Waals surface area contributed by atoms with Gasteiger partial charge >= 0.3 is 0 Å². The standard InChI is InChI=1S/2C34H30N6.C16H8.C9H11N3/c1-21(2)23-13-9-11-19-29(23)39-33-27-17-7-5-15-25(27)32-34(28-18-8-6-16-26(28)31(33)35-37-39)40(38-36-32)30-20-12-10-14-24(30)22(3)4;1-21(2)23-13-9-11-19-29(23)39-33-27-17-7-8-18-28(27)34-32(26-16-6-5-15-25(26)31(33)35-37-39)36-38-40(34)30-20-12-10-14-24(30)22(3)4;1-2-6-14-11-12-16-8-4-3-7-15(16)10-9-13(14)5-1;1-7(2)8-5-3-4-6-9(8)11-12-10/h2*5-22H,1-4H3;1-8H;3-7H,1-2H3. The van der Waals surface area contributed by atoms with Crippen molar-refractivity contribution in [1.82, 2.24) is 60.0 Å². The molecule has 0 spiro atoms. The lowest BCUT2D eigenvalue weighted by atomic mass is 9.89. The van der Waals surface area contributed by atoms with Crippen molar-refractivity contribution in [2.45, 2.75) is 98.8 Å². The van der Waals surface area contributed by atoms with E-state index in [4.69, 9.17) is 46.8 Å². The highest BCUT2D eigenvalue weighted by Crippen LogP contribution is 2.50. The lowest BCUT2D eigenvalue weighted by molar-refractivity contribution is 0.772. The molecule has 0 radical (unpaired) electrons. The third-order valence-electron chi connectivity index (χ3n) is 19.8. The molecular weight excluding hydrogens is 1330 g/mol. The zero-order chi connectivity index (χ0) is 74.5. The molecule has 4 aromatic heterocycles. The molecule has 15 heteroatoms. The maximum Gasteiger partial charge on any atom is 0.122 e. The van der Waals surface area contributed by atoms with Gasteiger partial charge in [0, 0.05) is 77.4 Å². The third-order valence-corrected chi connectivity index (χ3v) is 19.8. The number of azide groups is 1. The van der Waals surface area contributed by atoms with Crippen LogP contribution in [-0.2, 0) is 0 Å².